The van der Waals surface area contributed by atoms with E-state index in [0.29, 0.717) is 18.8 Å². The van der Waals surface area contributed by atoms with Crippen LogP contribution in [0.25, 0.3) is 0 Å². The first-order valence-electron chi connectivity index (χ1n) is 7.65. The highest BCUT2D eigenvalue weighted by Crippen LogP contribution is 2.10. The van der Waals surface area contributed by atoms with Crippen molar-refractivity contribution in [3.63, 3.8) is 0 Å². The first-order chi connectivity index (χ1) is 11.6. The number of carbonyl (C=O) groups excluding carboxylic acids is 1. The van der Waals surface area contributed by atoms with Crippen LogP contribution in [0.2, 0.25) is 0 Å². The molecule has 3 aromatic rings. The van der Waals surface area contributed by atoms with Gasteiger partial charge in [0.15, 0.2) is 5.69 Å². The number of nitrogens with zero attached hydrogens (tertiary/aromatic N) is 5. The molecule has 0 spiro atoms. The molecule has 0 aliphatic rings. The first-order valence-corrected chi connectivity index (χ1v) is 8.38. The molecule has 2 heterocycles. The third kappa shape index (κ3) is 3.65. The lowest BCUT2D eigenvalue weighted by atomic mass is 10.1. The van der Waals surface area contributed by atoms with Crippen molar-refractivity contribution in [2.45, 2.75) is 26.8 Å². The molecule has 0 radical (unpaired) electrons. The van der Waals surface area contributed by atoms with Gasteiger partial charge in [0, 0.05) is 6.54 Å². The van der Waals surface area contributed by atoms with Crippen molar-refractivity contribution in [1.82, 2.24) is 29.1 Å². The van der Waals surface area contributed by atoms with Crippen molar-refractivity contribution in [1.29, 1.82) is 0 Å². The van der Waals surface area contributed by atoms with Crippen molar-refractivity contribution in [3.05, 3.63) is 58.7 Å². The van der Waals surface area contributed by atoms with E-state index in [9.17, 15) is 4.79 Å². The fourth-order valence-corrected chi connectivity index (χ4v) is 2.86. The molecule has 7 nitrogen and oxygen atoms in total. The highest BCUT2D eigenvalue weighted by atomic mass is 32.1. The Morgan fingerprint density at radius 1 is 1.21 bits per heavy atom. The third-order valence-electron chi connectivity index (χ3n) is 3.79. The third-order valence-corrected chi connectivity index (χ3v) is 4.44. The van der Waals surface area contributed by atoms with Gasteiger partial charge in [0.1, 0.15) is 0 Å². The molecule has 0 aliphatic heterocycles. The fraction of sp³-hybridized carbons (Fsp3) is 0.312. The van der Waals surface area contributed by atoms with Crippen LogP contribution in [-0.2, 0) is 13.0 Å². The van der Waals surface area contributed by atoms with Crippen molar-refractivity contribution >= 4 is 17.6 Å². The van der Waals surface area contributed by atoms with Crippen LogP contribution in [-0.4, -0.2) is 36.2 Å². The maximum Gasteiger partial charge on any atom is 0.273 e. The van der Waals surface area contributed by atoms with E-state index in [-0.39, 0.29) is 5.91 Å². The van der Waals surface area contributed by atoms with Gasteiger partial charge in [0.05, 0.1) is 35.4 Å². The highest BCUT2D eigenvalue weighted by molar-refractivity contribution is 6.99. The minimum Gasteiger partial charge on any atom is -0.350 e. The Morgan fingerprint density at radius 3 is 2.71 bits per heavy atom. The summed E-state index contributed by atoms with van der Waals surface area (Å²) >= 11 is 1.17. The van der Waals surface area contributed by atoms with Crippen LogP contribution in [0.3, 0.4) is 0 Å². The van der Waals surface area contributed by atoms with Gasteiger partial charge in [-0.3, -0.25) is 4.79 Å². The molecular formula is C16H18N6OS. The van der Waals surface area contributed by atoms with E-state index in [2.05, 4.69) is 24.4 Å². The van der Waals surface area contributed by atoms with E-state index >= 15 is 0 Å². The number of amides is 1. The molecule has 124 valence electrons. The predicted molar refractivity (Wildman–Crippen MR) is 91.0 cm³/mol. The Morgan fingerprint density at radius 2 is 2.00 bits per heavy atom. The van der Waals surface area contributed by atoms with E-state index in [1.807, 2.05) is 44.2 Å². The zero-order chi connectivity index (χ0) is 16.9. The number of benzene rings is 1. The Kier molecular flexibility index (Phi) is 4.95. The normalized spacial score (nSPS) is 10.8. The summed E-state index contributed by atoms with van der Waals surface area (Å²) < 4.78 is 10.1. The lowest BCUT2D eigenvalue weighted by molar-refractivity contribution is 0.0948. The summed E-state index contributed by atoms with van der Waals surface area (Å²) in [5, 5.41) is 11.0. The lowest BCUT2D eigenvalue weighted by Crippen LogP contribution is -2.26. The number of nitrogens with one attached hydrogen (secondary N) is 1. The molecule has 3 rings (SSSR count). The molecule has 0 unspecified atom stereocenters. The summed E-state index contributed by atoms with van der Waals surface area (Å²) in [5.74, 6) is -0.206. The van der Waals surface area contributed by atoms with E-state index in [1.54, 1.807) is 4.68 Å². The van der Waals surface area contributed by atoms with Crippen molar-refractivity contribution in [2.24, 2.45) is 0 Å². The summed E-state index contributed by atoms with van der Waals surface area (Å²) in [6.07, 6.45) is 0.781. The monoisotopic (exact) mass is 342 g/mol. The van der Waals surface area contributed by atoms with E-state index in [1.165, 1.54) is 17.3 Å². The number of hydrogen-bond donors (Lipinski definition) is 1. The van der Waals surface area contributed by atoms with Crippen LogP contribution in [0.4, 0.5) is 0 Å². The van der Waals surface area contributed by atoms with Gasteiger partial charge in [-0.2, -0.15) is 8.75 Å². The number of rotatable bonds is 6. The van der Waals surface area contributed by atoms with Crippen LogP contribution in [0.5, 0.6) is 0 Å². The molecule has 0 atom stereocenters. The van der Waals surface area contributed by atoms with E-state index < -0.39 is 0 Å². The Balaban J connectivity index is 1.60. The fourth-order valence-electron chi connectivity index (χ4n) is 2.30. The van der Waals surface area contributed by atoms with Crippen molar-refractivity contribution < 1.29 is 4.79 Å². The number of carbonyl (C=O) groups is 1. The number of aromatic nitrogens is 5. The second-order valence-electron chi connectivity index (χ2n) is 5.47. The topological polar surface area (TPSA) is 85.6 Å². The Hall–Kier alpha value is -2.61. The SMILES string of the molecule is Cc1nsnc1Cn1nnc(C(=O)NCCc2ccccc2)c1C. The average molecular weight is 342 g/mol. The second kappa shape index (κ2) is 7.31. The van der Waals surface area contributed by atoms with Crippen LogP contribution in [0, 0.1) is 13.8 Å². The molecule has 2 aromatic heterocycles. The summed E-state index contributed by atoms with van der Waals surface area (Å²) in [6, 6.07) is 10.0. The van der Waals surface area contributed by atoms with Gasteiger partial charge < -0.3 is 5.32 Å². The average Bonchev–Trinajstić information content (AvgIpc) is 3.15. The van der Waals surface area contributed by atoms with E-state index in [0.717, 1.165) is 23.5 Å². The zero-order valence-corrected chi connectivity index (χ0v) is 14.4. The molecule has 8 heteroatoms. The molecule has 0 fully saturated rings. The highest BCUT2D eigenvalue weighted by Gasteiger charge is 2.17. The predicted octanol–water partition coefficient (Wildman–Crippen LogP) is 1.77. The zero-order valence-electron chi connectivity index (χ0n) is 13.6. The lowest BCUT2D eigenvalue weighted by Gasteiger charge is -2.05. The summed E-state index contributed by atoms with van der Waals surface area (Å²) in [6.45, 7) is 4.77. The number of hydrogen-bond acceptors (Lipinski definition) is 6. The minimum atomic E-state index is -0.206. The first kappa shape index (κ1) is 16.3. The summed E-state index contributed by atoms with van der Waals surface area (Å²) in [5.41, 5.74) is 3.99. The molecule has 24 heavy (non-hydrogen) atoms. The van der Waals surface area contributed by atoms with Gasteiger partial charge >= 0.3 is 0 Å². The standard InChI is InChI=1S/C16H18N6OS/c1-11-14(20-24-19-11)10-22-12(2)15(18-21-22)16(23)17-9-8-13-6-4-3-5-7-13/h3-7H,8-10H2,1-2H3,(H,17,23). The van der Waals surface area contributed by atoms with Gasteiger partial charge in [-0.1, -0.05) is 35.5 Å². The Labute approximate surface area is 144 Å². The molecule has 0 saturated heterocycles. The van der Waals surface area contributed by atoms with Crippen LogP contribution < -0.4 is 5.32 Å². The maximum atomic E-state index is 12.3. The maximum absolute atomic E-state index is 12.3. The molecular weight excluding hydrogens is 324 g/mol. The Bertz CT molecular complexity index is 826. The van der Waals surface area contributed by atoms with Crippen molar-refractivity contribution in [2.75, 3.05) is 6.54 Å². The van der Waals surface area contributed by atoms with E-state index in [4.69, 9.17) is 0 Å². The minimum absolute atomic E-state index is 0.206. The second-order valence-corrected chi connectivity index (χ2v) is 6.00. The van der Waals surface area contributed by atoms with Gasteiger partial charge in [0.2, 0.25) is 0 Å². The molecule has 1 N–H and O–H groups in total. The molecule has 0 saturated carbocycles. The molecule has 1 amide bonds. The van der Waals surface area contributed by atoms with Gasteiger partial charge in [-0.15, -0.1) is 5.10 Å². The largest absolute Gasteiger partial charge is 0.350 e. The molecule has 1 aromatic carbocycles. The molecule has 0 aliphatic carbocycles. The summed E-state index contributed by atoms with van der Waals surface area (Å²) in [4.78, 5) is 12.3. The van der Waals surface area contributed by atoms with Crippen LogP contribution in [0.1, 0.15) is 33.1 Å². The smallest absolute Gasteiger partial charge is 0.273 e. The van der Waals surface area contributed by atoms with Crippen LogP contribution in [0.15, 0.2) is 30.3 Å². The van der Waals surface area contributed by atoms with Crippen molar-refractivity contribution in [3.8, 4) is 0 Å². The number of aryl methyl sites for hydroxylation is 1. The van der Waals surface area contributed by atoms with Gasteiger partial charge in [-0.25, -0.2) is 4.68 Å². The molecule has 0 bridgehead atoms. The van der Waals surface area contributed by atoms with Gasteiger partial charge in [0.25, 0.3) is 5.91 Å². The van der Waals surface area contributed by atoms with Crippen LogP contribution >= 0.6 is 11.7 Å². The van der Waals surface area contributed by atoms with Gasteiger partial charge in [-0.05, 0) is 25.8 Å². The summed E-state index contributed by atoms with van der Waals surface area (Å²) in [7, 11) is 0. The quantitative estimate of drug-likeness (QED) is 0.738.